The number of nitrogens with one attached hydrogen (secondary N) is 3. The van der Waals surface area contributed by atoms with Crippen molar-refractivity contribution in [1.29, 1.82) is 0 Å². The largest absolute Gasteiger partial charge is 0.491 e. The average Bonchev–Trinajstić information content (AvgIpc) is 3.27. The standard InChI is InChI=1S/C23H29N3O4/c1-3-22(27)26-21-13-18(10-9-16(21)2)25-23(28)14-24-17-6-4-7-19(12-17)30-15-20-8-5-11-29-20/h4,6-7,9-10,12-13,20,24H,3,5,8,11,14-15H2,1-2H3,(H,25,28)(H,26,27). The summed E-state index contributed by atoms with van der Waals surface area (Å²) in [4.78, 5) is 24.0. The fraction of sp³-hybridized carbons (Fsp3) is 0.391. The van der Waals surface area contributed by atoms with Crippen molar-refractivity contribution in [3.05, 3.63) is 48.0 Å². The van der Waals surface area contributed by atoms with Crippen LogP contribution in [-0.4, -0.2) is 37.7 Å². The molecule has 7 heteroatoms. The van der Waals surface area contributed by atoms with Crippen LogP contribution < -0.4 is 20.7 Å². The van der Waals surface area contributed by atoms with Crippen molar-refractivity contribution in [3.63, 3.8) is 0 Å². The van der Waals surface area contributed by atoms with E-state index < -0.39 is 0 Å². The van der Waals surface area contributed by atoms with Gasteiger partial charge in [-0.05, 0) is 49.6 Å². The molecule has 160 valence electrons. The van der Waals surface area contributed by atoms with Gasteiger partial charge >= 0.3 is 0 Å². The highest BCUT2D eigenvalue weighted by Gasteiger charge is 2.16. The van der Waals surface area contributed by atoms with Crippen molar-refractivity contribution in [1.82, 2.24) is 0 Å². The topological polar surface area (TPSA) is 88.7 Å². The van der Waals surface area contributed by atoms with Crippen LogP contribution in [0.15, 0.2) is 42.5 Å². The van der Waals surface area contributed by atoms with Gasteiger partial charge in [0.15, 0.2) is 0 Å². The first-order valence-electron chi connectivity index (χ1n) is 10.3. The molecule has 0 saturated carbocycles. The van der Waals surface area contributed by atoms with E-state index in [1.807, 2.05) is 43.3 Å². The Morgan fingerprint density at radius 1 is 1.10 bits per heavy atom. The summed E-state index contributed by atoms with van der Waals surface area (Å²) in [6, 6.07) is 13.0. The Morgan fingerprint density at radius 3 is 2.73 bits per heavy atom. The van der Waals surface area contributed by atoms with Gasteiger partial charge < -0.3 is 25.4 Å². The number of amides is 2. The first-order valence-corrected chi connectivity index (χ1v) is 10.3. The van der Waals surface area contributed by atoms with Gasteiger partial charge in [0.25, 0.3) is 0 Å². The van der Waals surface area contributed by atoms with Gasteiger partial charge in [-0.3, -0.25) is 9.59 Å². The van der Waals surface area contributed by atoms with Gasteiger partial charge in [0.2, 0.25) is 11.8 Å². The van der Waals surface area contributed by atoms with Crippen LogP contribution >= 0.6 is 0 Å². The lowest BCUT2D eigenvalue weighted by atomic mass is 10.1. The minimum Gasteiger partial charge on any atom is -0.491 e. The van der Waals surface area contributed by atoms with Crippen LogP contribution in [0.5, 0.6) is 5.75 Å². The Hall–Kier alpha value is -3.06. The molecule has 7 nitrogen and oxygen atoms in total. The number of rotatable bonds is 9. The molecule has 1 saturated heterocycles. The SMILES string of the molecule is CCC(=O)Nc1cc(NC(=O)CNc2cccc(OCC3CCCO3)c2)ccc1C. The van der Waals surface area contributed by atoms with Crippen LogP contribution in [0.3, 0.4) is 0 Å². The Morgan fingerprint density at radius 2 is 1.97 bits per heavy atom. The molecule has 3 rings (SSSR count). The third-order valence-corrected chi connectivity index (χ3v) is 4.86. The zero-order valence-electron chi connectivity index (χ0n) is 17.5. The monoisotopic (exact) mass is 411 g/mol. The van der Waals surface area contributed by atoms with Crippen molar-refractivity contribution in [3.8, 4) is 5.75 Å². The van der Waals surface area contributed by atoms with Crippen LogP contribution in [-0.2, 0) is 14.3 Å². The van der Waals surface area contributed by atoms with Crippen LogP contribution in [0.4, 0.5) is 17.1 Å². The van der Waals surface area contributed by atoms with Gasteiger partial charge in [0.05, 0.1) is 12.6 Å². The van der Waals surface area contributed by atoms with E-state index in [-0.39, 0.29) is 24.5 Å². The fourth-order valence-corrected chi connectivity index (χ4v) is 3.12. The maximum Gasteiger partial charge on any atom is 0.243 e. The molecule has 1 aliphatic heterocycles. The summed E-state index contributed by atoms with van der Waals surface area (Å²) >= 11 is 0. The molecule has 0 aromatic heterocycles. The fourth-order valence-electron chi connectivity index (χ4n) is 3.12. The van der Waals surface area contributed by atoms with Gasteiger partial charge in [-0.15, -0.1) is 0 Å². The van der Waals surface area contributed by atoms with E-state index >= 15 is 0 Å². The highest BCUT2D eigenvalue weighted by Crippen LogP contribution is 2.21. The molecule has 1 heterocycles. The maximum atomic E-state index is 12.3. The van der Waals surface area contributed by atoms with E-state index in [2.05, 4.69) is 16.0 Å². The second-order valence-electron chi connectivity index (χ2n) is 7.31. The number of carbonyl (C=O) groups is 2. The molecule has 2 aromatic carbocycles. The van der Waals surface area contributed by atoms with Gasteiger partial charge in [-0.1, -0.05) is 19.1 Å². The lowest BCUT2D eigenvalue weighted by molar-refractivity contribution is -0.116. The summed E-state index contributed by atoms with van der Waals surface area (Å²) in [7, 11) is 0. The highest BCUT2D eigenvalue weighted by atomic mass is 16.5. The molecule has 3 N–H and O–H groups in total. The minimum atomic E-state index is -0.183. The predicted molar refractivity (Wildman–Crippen MR) is 118 cm³/mol. The zero-order chi connectivity index (χ0) is 21.3. The summed E-state index contributed by atoms with van der Waals surface area (Å²) < 4.78 is 11.4. The van der Waals surface area contributed by atoms with Crippen LogP contribution in [0.2, 0.25) is 0 Å². The molecule has 1 atom stereocenters. The number of hydrogen-bond donors (Lipinski definition) is 3. The summed E-state index contributed by atoms with van der Waals surface area (Å²) in [5.74, 6) is 0.493. The summed E-state index contributed by atoms with van der Waals surface area (Å²) in [6.45, 7) is 5.16. The van der Waals surface area contributed by atoms with E-state index in [0.717, 1.165) is 36.4 Å². The molecule has 0 bridgehead atoms. The molecule has 0 aliphatic carbocycles. The van der Waals surface area contributed by atoms with Crippen LogP contribution in [0.25, 0.3) is 0 Å². The summed E-state index contributed by atoms with van der Waals surface area (Å²) in [6.07, 6.45) is 2.67. The molecule has 1 aliphatic rings. The van der Waals surface area contributed by atoms with Crippen molar-refractivity contribution in [2.24, 2.45) is 0 Å². The van der Waals surface area contributed by atoms with Crippen LogP contribution in [0, 0.1) is 6.92 Å². The molecule has 2 aromatic rings. The lowest BCUT2D eigenvalue weighted by Crippen LogP contribution is -2.22. The maximum absolute atomic E-state index is 12.3. The Labute approximate surface area is 177 Å². The van der Waals surface area contributed by atoms with E-state index in [9.17, 15) is 9.59 Å². The van der Waals surface area contributed by atoms with Crippen molar-refractivity contribution >= 4 is 28.9 Å². The molecule has 0 spiro atoms. The third-order valence-electron chi connectivity index (χ3n) is 4.86. The lowest BCUT2D eigenvalue weighted by Gasteiger charge is -2.13. The number of aryl methyl sites for hydroxylation is 1. The zero-order valence-corrected chi connectivity index (χ0v) is 17.5. The Kier molecular flexibility index (Phi) is 7.68. The second-order valence-corrected chi connectivity index (χ2v) is 7.31. The van der Waals surface area contributed by atoms with E-state index in [1.165, 1.54) is 0 Å². The molecular formula is C23H29N3O4. The molecule has 0 radical (unpaired) electrons. The van der Waals surface area contributed by atoms with Gasteiger partial charge in [0.1, 0.15) is 12.4 Å². The van der Waals surface area contributed by atoms with Crippen molar-refractivity contribution < 1.29 is 19.1 Å². The van der Waals surface area contributed by atoms with E-state index in [1.54, 1.807) is 13.0 Å². The van der Waals surface area contributed by atoms with Crippen molar-refractivity contribution in [2.75, 3.05) is 35.7 Å². The minimum absolute atomic E-state index is 0.0650. The second kappa shape index (κ2) is 10.6. The number of hydrogen-bond acceptors (Lipinski definition) is 5. The van der Waals surface area contributed by atoms with Gasteiger partial charge in [0, 0.05) is 36.2 Å². The quantitative estimate of drug-likeness (QED) is 0.581. The normalized spacial score (nSPS) is 15.5. The van der Waals surface area contributed by atoms with Crippen LogP contribution in [0.1, 0.15) is 31.7 Å². The number of ether oxygens (including phenoxy) is 2. The molecule has 30 heavy (non-hydrogen) atoms. The summed E-state index contributed by atoms with van der Waals surface area (Å²) in [5, 5.41) is 8.80. The summed E-state index contributed by atoms with van der Waals surface area (Å²) in [5.41, 5.74) is 3.07. The number of benzene rings is 2. The smallest absolute Gasteiger partial charge is 0.243 e. The average molecular weight is 412 g/mol. The first kappa shape index (κ1) is 21.6. The molecule has 1 unspecified atom stereocenters. The van der Waals surface area contributed by atoms with E-state index in [4.69, 9.17) is 9.47 Å². The highest BCUT2D eigenvalue weighted by molar-refractivity contribution is 5.96. The third kappa shape index (κ3) is 6.49. The first-order chi connectivity index (χ1) is 14.5. The number of carbonyl (C=O) groups excluding carboxylic acids is 2. The van der Waals surface area contributed by atoms with E-state index in [0.29, 0.717) is 24.4 Å². The van der Waals surface area contributed by atoms with Gasteiger partial charge in [-0.25, -0.2) is 0 Å². The Bertz CT molecular complexity index is 879. The number of anilines is 3. The van der Waals surface area contributed by atoms with Crippen molar-refractivity contribution in [2.45, 2.75) is 39.2 Å². The molecule has 2 amide bonds. The van der Waals surface area contributed by atoms with Gasteiger partial charge in [-0.2, -0.15) is 0 Å². The molecular weight excluding hydrogens is 382 g/mol. The Balaban J connectivity index is 1.50. The predicted octanol–water partition coefficient (Wildman–Crippen LogP) is 3.95. The molecule has 1 fully saturated rings.